The fourth-order valence-electron chi connectivity index (χ4n) is 2.13. The molecule has 0 unspecified atom stereocenters. The minimum absolute atomic E-state index is 0.211. The van der Waals surface area contributed by atoms with Gasteiger partial charge in [-0.05, 0) is 18.1 Å². The highest BCUT2D eigenvalue weighted by Gasteiger charge is 2.35. The molecular formula is C14H18N2O4. The van der Waals surface area contributed by atoms with Crippen LogP contribution in [0.2, 0.25) is 0 Å². The number of hydrogen-bond donors (Lipinski definition) is 2. The van der Waals surface area contributed by atoms with Crippen molar-refractivity contribution >= 4 is 12.0 Å². The summed E-state index contributed by atoms with van der Waals surface area (Å²) in [6, 6.07) is 7.44. The molecule has 0 bridgehead atoms. The molecule has 2 rings (SSSR count). The molecular weight excluding hydrogens is 260 g/mol. The Labute approximate surface area is 117 Å². The first-order valence-electron chi connectivity index (χ1n) is 6.49. The summed E-state index contributed by atoms with van der Waals surface area (Å²) >= 11 is 0. The van der Waals surface area contributed by atoms with Gasteiger partial charge in [0.2, 0.25) is 0 Å². The molecule has 0 aromatic heterocycles. The lowest BCUT2D eigenvalue weighted by molar-refractivity contribution is -0.146. The number of carbonyl (C=O) groups is 2. The standard InChI is InChI=1S/C14H18N2O4/c1-20-12-5-3-2-4-10(12)6-7-15-14(19)16-8-11(9-16)13(17)18/h2-5,11H,6-9H2,1H3,(H,15,19)(H,17,18). The highest BCUT2D eigenvalue weighted by atomic mass is 16.5. The van der Waals surface area contributed by atoms with Crippen LogP contribution in [0.15, 0.2) is 24.3 Å². The van der Waals surface area contributed by atoms with Crippen LogP contribution in [0.1, 0.15) is 5.56 Å². The van der Waals surface area contributed by atoms with Crippen molar-refractivity contribution in [3.8, 4) is 5.75 Å². The Kier molecular flexibility index (Phi) is 4.45. The Morgan fingerprint density at radius 1 is 1.40 bits per heavy atom. The third kappa shape index (κ3) is 3.20. The number of nitrogens with one attached hydrogen (secondary N) is 1. The summed E-state index contributed by atoms with van der Waals surface area (Å²) in [6.07, 6.45) is 0.673. The molecule has 108 valence electrons. The summed E-state index contributed by atoms with van der Waals surface area (Å²) in [4.78, 5) is 23.9. The Morgan fingerprint density at radius 2 is 2.10 bits per heavy atom. The van der Waals surface area contributed by atoms with E-state index in [1.807, 2.05) is 24.3 Å². The van der Waals surface area contributed by atoms with E-state index in [1.54, 1.807) is 7.11 Å². The number of amides is 2. The van der Waals surface area contributed by atoms with Crippen molar-refractivity contribution in [1.29, 1.82) is 0 Å². The van der Waals surface area contributed by atoms with Crippen molar-refractivity contribution in [3.63, 3.8) is 0 Å². The summed E-state index contributed by atoms with van der Waals surface area (Å²) in [5.41, 5.74) is 1.03. The SMILES string of the molecule is COc1ccccc1CCNC(=O)N1CC(C(=O)O)C1. The van der Waals surface area contributed by atoms with Gasteiger partial charge in [-0.25, -0.2) is 4.79 Å². The molecule has 1 heterocycles. The average Bonchev–Trinajstić information content (AvgIpc) is 2.37. The van der Waals surface area contributed by atoms with Gasteiger partial charge in [0.15, 0.2) is 0 Å². The van der Waals surface area contributed by atoms with E-state index >= 15 is 0 Å². The number of nitrogens with zero attached hydrogens (tertiary/aromatic N) is 1. The lowest BCUT2D eigenvalue weighted by Crippen LogP contribution is -2.56. The Balaban J connectivity index is 1.74. The van der Waals surface area contributed by atoms with Gasteiger partial charge in [-0.1, -0.05) is 18.2 Å². The van der Waals surface area contributed by atoms with E-state index in [-0.39, 0.29) is 19.1 Å². The normalized spacial score (nSPS) is 14.6. The highest BCUT2D eigenvalue weighted by Crippen LogP contribution is 2.18. The van der Waals surface area contributed by atoms with E-state index < -0.39 is 11.9 Å². The lowest BCUT2D eigenvalue weighted by atomic mass is 10.0. The smallest absolute Gasteiger partial charge is 0.317 e. The summed E-state index contributed by atoms with van der Waals surface area (Å²) in [5, 5.41) is 11.5. The van der Waals surface area contributed by atoms with E-state index in [0.29, 0.717) is 13.0 Å². The van der Waals surface area contributed by atoms with Crippen LogP contribution in [0, 0.1) is 5.92 Å². The van der Waals surface area contributed by atoms with E-state index in [9.17, 15) is 9.59 Å². The van der Waals surface area contributed by atoms with E-state index in [2.05, 4.69) is 5.32 Å². The maximum Gasteiger partial charge on any atom is 0.317 e. The van der Waals surface area contributed by atoms with E-state index in [0.717, 1.165) is 11.3 Å². The topological polar surface area (TPSA) is 78.9 Å². The molecule has 0 atom stereocenters. The molecule has 0 aliphatic carbocycles. The number of likely N-dealkylation sites (tertiary alicyclic amines) is 1. The second-order valence-electron chi connectivity index (χ2n) is 4.73. The molecule has 20 heavy (non-hydrogen) atoms. The van der Waals surface area contributed by atoms with Crippen LogP contribution in [0.25, 0.3) is 0 Å². The summed E-state index contributed by atoms with van der Waals surface area (Å²) in [7, 11) is 1.61. The number of hydrogen-bond acceptors (Lipinski definition) is 3. The first kappa shape index (κ1) is 14.2. The van der Waals surface area contributed by atoms with Gasteiger partial charge in [-0.15, -0.1) is 0 Å². The number of para-hydroxylation sites is 1. The van der Waals surface area contributed by atoms with Crippen LogP contribution in [0.4, 0.5) is 4.79 Å². The van der Waals surface area contributed by atoms with Crippen LogP contribution in [-0.2, 0) is 11.2 Å². The zero-order chi connectivity index (χ0) is 14.5. The van der Waals surface area contributed by atoms with Crippen LogP contribution >= 0.6 is 0 Å². The van der Waals surface area contributed by atoms with Gasteiger partial charge in [0, 0.05) is 19.6 Å². The summed E-state index contributed by atoms with van der Waals surface area (Å²) in [5.74, 6) is -0.463. The maximum absolute atomic E-state index is 11.7. The van der Waals surface area contributed by atoms with Crippen molar-refractivity contribution in [3.05, 3.63) is 29.8 Å². The van der Waals surface area contributed by atoms with Gasteiger partial charge >= 0.3 is 12.0 Å². The van der Waals surface area contributed by atoms with Crippen LogP contribution < -0.4 is 10.1 Å². The first-order chi connectivity index (χ1) is 9.61. The number of carboxylic acids is 1. The Morgan fingerprint density at radius 3 is 2.75 bits per heavy atom. The molecule has 1 aliphatic heterocycles. The predicted octanol–water partition coefficient (Wildman–Crippen LogP) is 0.964. The number of aliphatic carboxylic acids is 1. The number of rotatable bonds is 5. The van der Waals surface area contributed by atoms with Crippen LogP contribution in [0.3, 0.4) is 0 Å². The number of carboxylic acid groups (broad SMARTS) is 1. The minimum Gasteiger partial charge on any atom is -0.496 e. The van der Waals surface area contributed by atoms with Crippen molar-refractivity contribution in [1.82, 2.24) is 10.2 Å². The van der Waals surface area contributed by atoms with E-state index in [1.165, 1.54) is 4.90 Å². The Bertz CT molecular complexity index is 498. The van der Waals surface area contributed by atoms with E-state index in [4.69, 9.17) is 9.84 Å². The molecule has 0 saturated carbocycles. The third-order valence-electron chi connectivity index (χ3n) is 3.38. The largest absolute Gasteiger partial charge is 0.496 e. The Hall–Kier alpha value is -2.24. The molecule has 0 radical (unpaired) electrons. The molecule has 2 amide bonds. The highest BCUT2D eigenvalue weighted by molar-refractivity contribution is 5.79. The van der Waals surface area contributed by atoms with Crippen LogP contribution in [-0.4, -0.2) is 48.8 Å². The van der Waals surface area contributed by atoms with Gasteiger partial charge in [-0.3, -0.25) is 4.79 Å². The monoisotopic (exact) mass is 278 g/mol. The van der Waals surface area contributed by atoms with Gasteiger partial charge in [0.1, 0.15) is 5.75 Å². The number of benzene rings is 1. The van der Waals surface area contributed by atoms with Crippen molar-refractivity contribution in [2.75, 3.05) is 26.7 Å². The molecule has 6 nitrogen and oxygen atoms in total. The number of urea groups is 1. The molecule has 1 aromatic carbocycles. The average molecular weight is 278 g/mol. The molecule has 0 spiro atoms. The fraction of sp³-hybridized carbons (Fsp3) is 0.429. The van der Waals surface area contributed by atoms with Crippen molar-refractivity contribution < 1.29 is 19.4 Å². The molecule has 6 heteroatoms. The van der Waals surface area contributed by atoms with Crippen LogP contribution in [0.5, 0.6) is 5.75 Å². The minimum atomic E-state index is -0.844. The maximum atomic E-state index is 11.7. The number of carbonyl (C=O) groups excluding carboxylic acids is 1. The quantitative estimate of drug-likeness (QED) is 0.841. The zero-order valence-electron chi connectivity index (χ0n) is 11.3. The third-order valence-corrected chi connectivity index (χ3v) is 3.38. The molecule has 1 saturated heterocycles. The molecule has 1 fully saturated rings. The van der Waals surface area contributed by atoms with Gasteiger partial charge in [-0.2, -0.15) is 0 Å². The fourth-order valence-corrected chi connectivity index (χ4v) is 2.13. The molecule has 1 aliphatic rings. The van der Waals surface area contributed by atoms with Crippen molar-refractivity contribution in [2.45, 2.75) is 6.42 Å². The van der Waals surface area contributed by atoms with Gasteiger partial charge < -0.3 is 20.1 Å². The van der Waals surface area contributed by atoms with Gasteiger partial charge in [0.05, 0.1) is 13.0 Å². The summed E-state index contributed by atoms with van der Waals surface area (Å²) in [6.45, 7) is 1.07. The second kappa shape index (κ2) is 6.27. The predicted molar refractivity (Wildman–Crippen MR) is 72.8 cm³/mol. The summed E-state index contributed by atoms with van der Waals surface area (Å²) < 4.78 is 5.23. The number of methoxy groups -OCH3 is 1. The zero-order valence-corrected chi connectivity index (χ0v) is 11.3. The lowest BCUT2D eigenvalue weighted by Gasteiger charge is -2.36. The van der Waals surface area contributed by atoms with Crippen molar-refractivity contribution in [2.24, 2.45) is 5.92 Å². The van der Waals surface area contributed by atoms with Gasteiger partial charge in [0.25, 0.3) is 0 Å². The second-order valence-corrected chi connectivity index (χ2v) is 4.73. The first-order valence-corrected chi connectivity index (χ1v) is 6.49. The molecule has 1 aromatic rings. The number of ether oxygens (including phenoxy) is 1. The molecule has 2 N–H and O–H groups in total.